The van der Waals surface area contributed by atoms with Gasteiger partial charge in [-0.1, -0.05) is 18.2 Å². The van der Waals surface area contributed by atoms with Crippen molar-refractivity contribution in [1.29, 1.82) is 0 Å². The maximum absolute atomic E-state index is 10.4. The smallest absolute Gasteiger partial charge is 0.122 e. The molecule has 0 fully saturated rings. The van der Waals surface area contributed by atoms with Crippen molar-refractivity contribution in [2.45, 2.75) is 32.5 Å². The van der Waals surface area contributed by atoms with Crippen LogP contribution in [0.1, 0.15) is 19.4 Å². The first-order chi connectivity index (χ1) is 12.5. The zero-order chi connectivity index (χ0) is 18.9. The summed E-state index contributed by atoms with van der Waals surface area (Å²) in [4.78, 5) is 2.20. The van der Waals surface area contributed by atoms with E-state index in [0.717, 1.165) is 22.8 Å². The molecular weight excluding hydrogens is 330 g/mol. The first-order valence-corrected chi connectivity index (χ1v) is 8.83. The van der Waals surface area contributed by atoms with Crippen molar-refractivity contribution in [2.24, 2.45) is 0 Å². The van der Waals surface area contributed by atoms with E-state index in [0.29, 0.717) is 13.1 Å². The van der Waals surface area contributed by atoms with E-state index in [1.807, 2.05) is 48.5 Å². The number of nitrogens with zero attached hydrogens (tertiary/aromatic N) is 1. The molecule has 5 heteroatoms. The average molecular weight is 359 g/mol. The molecule has 2 aromatic carbocycles. The molecule has 0 saturated heterocycles. The number of aliphatic hydroxyl groups is 1. The lowest BCUT2D eigenvalue weighted by atomic mass is 10.1. The van der Waals surface area contributed by atoms with E-state index in [2.05, 4.69) is 18.7 Å². The summed E-state index contributed by atoms with van der Waals surface area (Å²) >= 11 is 0. The second kappa shape index (κ2) is 10.0. The second-order valence-electron chi connectivity index (χ2n) is 6.52. The van der Waals surface area contributed by atoms with Gasteiger partial charge in [-0.15, -0.1) is 0 Å². The van der Waals surface area contributed by atoms with E-state index in [1.165, 1.54) is 0 Å². The normalized spacial score (nSPS) is 12.3. The van der Waals surface area contributed by atoms with Crippen molar-refractivity contribution < 1.29 is 19.3 Å². The van der Waals surface area contributed by atoms with Gasteiger partial charge in [0.25, 0.3) is 0 Å². The van der Waals surface area contributed by atoms with Gasteiger partial charge in [0.2, 0.25) is 0 Å². The minimum atomic E-state index is -0.579. The van der Waals surface area contributed by atoms with Crippen LogP contribution in [0.2, 0.25) is 0 Å². The largest absolute Gasteiger partial charge is 0.497 e. The highest BCUT2D eigenvalue weighted by molar-refractivity contribution is 5.38. The molecule has 5 nitrogen and oxygen atoms in total. The predicted molar refractivity (Wildman–Crippen MR) is 103 cm³/mol. The van der Waals surface area contributed by atoms with E-state index in [4.69, 9.17) is 14.2 Å². The number of hydrogen-bond donors (Lipinski definition) is 1. The van der Waals surface area contributed by atoms with Gasteiger partial charge in [0.15, 0.2) is 0 Å². The Balaban J connectivity index is 1.97. The topological polar surface area (TPSA) is 51.2 Å². The molecule has 0 heterocycles. The minimum Gasteiger partial charge on any atom is -0.497 e. The molecule has 0 saturated carbocycles. The summed E-state index contributed by atoms with van der Waals surface area (Å²) in [6, 6.07) is 15.6. The number of hydrogen-bond acceptors (Lipinski definition) is 5. The molecule has 0 unspecified atom stereocenters. The zero-order valence-electron chi connectivity index (χ0n) is 16.0. The maximum atomic E-state index is 10.4. The fourth-order valence-corrected chi connectivity index (χ4v) is 2.68. The molecule has 1 N–H and O–H groups in total. The molecule has 0 aliphatic carbocycles. The molecule has 26 heavy (non-hydrogen) atoms. The molecule has 0 aromatic heterocycles. The average Bonchev–Trinajstić information content (AvgIpc) is 2.66. The molecule has 0 aliphatic rings. The van der Waals surface area contributed by atoms with Crippen LogP contribution in [0, 0.1) is 0 Å². The van der Waals surface area contributed by atoms with Gasteiger partial charge < -0.3 is 19.3 Å². The van der Waals surface area contributed by atoms with Crippen molar-refractivity contribution in [1.82, 2.24) is 4.90 Å². The standard InChI is InChI=1S/C21H29NO4/c1-16(2)22(13-17-10-20(24-3)12-21(11-17)25-4)14-18(23)15-26-19-8-6-5-7-9-19/h5-12,16,18,23H,13-15H2,1-4H3/t18-/m1/s1. The fraction of sp³-hybridized carbons (Fsp3) is 0.429. The van der Waals surface area contributed by atoms with Crippen LogP contribution in [0.3, 0.4) is 0 Å². The van der Waals surface area contributed by atoms with Crippen LogP contribution in [0.5, 0.6) is 17.2 Å². The Morgan fingerprint density at radius 3 is 2.08 bits per heavy atom. The van der Waals surface area contributed by atoms with Crippen molar-refractivity contribution in [3.63, 3.8) is 0 Å². The van der Waals surface area contributed by atoms with E-state index in [-0.39, 0.29) is 12.6 Å². The summed E-state index contributed by atoms with van der Waals surface area (Å²) in [6.07, 6.45) is -0.579. The number of rotatable bonds is 10. The van der Waals surface area contributed by atoms with Gasteiger partial charge >= 0.3 is 0 Å². The SMILES string of the molecule is COc1cc(CN(C[C@@H](O)COc2ccccc2)C(C)C)cc(OC)c1. The monoisotopic (exact) mass is 359 g/mol. The molecule has 2 rings (SSSR count). The van der Waals surface area contributed by atoms with Crippen molar-refractivity contribution in [3.8, 4) is 17.2 Å². The summed E-state index contributed by atoms with van der Waals surface area (Å²) in [5, 5.41) is 10.4. The number of methoxy groups -OCH3 is 2. The molecule has 0 amide bonds. The summed E-state index contributed by atoms with van der Waals surface area (Å²) in [7, 11) is 3.28. The maximum Gasteiger partial charge on any atom is 0.122 e. The van der Waals surface area contributed by atoms with Crippen molar-refractivity contribution in [2.75, 3.05) is 27.4 Å². The molecule has 0 radical (unpaired) electrons. The Bertz CT molecular complexity index is 638. The van der Waals surface area contributed by atoms with Gasteiger partial charge in [0, 0.05) is 25.2 Å². The van der Waals surface area contributed by atoms with Crippen molar-refractivity contribution in [3.05, 3.63) is 54.1 Å². The van der Waals surface area contributed by atoms with Crippen LogP contribution in [-0.4, -0.2) is 49.5 Å². The minimum absolute atomic E-state index is 0.259. The summed E-state index contributed by atoms with van der Waals surface area (Å²) in [5.74, 6) is 2.28. The lowest BCUT2D eigenvalue weighted by Gasteiger charge is -2.29. The van der Waals surface area contributed by atoms with Gasteiger partial charge in [-0.25, -0.2) is 0 Å². The van der Waals surface area contributed by atoms with Crippen LogP contribution in [0.15, 0.2) is 48.5 Å². The number of ether oxygens (including phenoxy) is 3. The van der Waals surface area contributed by atoms with E-state index in [9.17, 15) is 5.11 Å². The highest BCUT2D eigenvalue weighted by Crippen LogP contribution is 2.24. The number of para-hydroxylation sites is 1. The van der Waals surface area contributed by atoms with E-state index in [1.54, 1.807) is 14.2 Å². The quantitative estimate of drug-likeness (QED) is 0.705. The van der Waals surface area contributed by atoms with Crippen LogP contribution in [0.4, 0.5) is 0 Å². The summed E-state index contributed by atoms with van der Waals surface area (Å²) in [5.41, 5.74) is 1.08. The van der Waals surface area contributed by atoms with Gasteiger partial charge in [0.05, 0.1) is 14.2 Å². The fourth-order valence-electron chi connectivity index (χ4n) is 2.68. The second-order valence-corrected chi connectivity index (χ2v) is 6.52. The Hall–Kier alpha value is -2.24. The number of benzene rings is 2. The molecule has 0 aliphatic heterocycles. The summed E-state index contributed by atoms with van der Waals surface area (Å²) < 4.78 is 16.3. The Morgan fingerprint density at radius 1 is 0.923 bits per heavy atom. The van der Waals surface area contributed by atoms with Crippen molar-refractivity contribution >= 4 is 0 Å². The zero-order valence-corrected chi connectivity index (χ0v) is 16.0. The molecule has 1 atom stereocenters. The Morgan fingerprint density at radius 2 is 1.54 bits per heavy atom. The lowest BCUT2D eigenvalue weighted by Crippen LogP contribution is -2.39. The third kappa shape index (κ3) is 6.24. The van der Waals surface area contributed by atoms with Gasteiger partial charge in [0.1, 0.15) is 30.0 Å². The number of aliphatic hydroxyl groups excluding tert-OH is 1. The highest BCUT2D eigenvalue weighted by Gasteiger charge is 2.17. The van der Waals surface area contributed by atoms with Crippen LogP contribution in [0.25, 0.3) is 0 Å². The lowest BCUT2D eigenvalue weighted by molar-refractivity contribution is 0.0543. The molecule has 0 bridgehead atoms. The third-order valence-corrected chi connectivity index (χ3v) is 4.16. The first-order valence-electron chi connectivity index (χ1n) is 8.83. The Kier molecular flexibility index (Phi) is 7.75. The van der Waals surface area contributed by atoms with Gasteiger partial charge in [-0.2, -0.15) is 0 Å². The van der Waals surface area contributed by atoms with Crippen LogP contribution >= 0.6 is 0 Å². The van der Waals surface area contributed by atoms with E-state index >= 15 is 0 Å². The van der Waals surface area contributed by atoms with Crippen LogP contribution < -0.4 is 14.2 Å². The van der Waals surface area contributed by atoms with Gasteiger partial charge in [-0.3, -0.25) is 4.90 Å². The molecule has 0 spiro atoms. The Labute approximate surface area is 156 Å². The summed E-state index contributed by atoms with van der Waals surface area (Å²) in [6.45, 7) is 5.69. The predicted octanol–water partition coefficient (Wildman–Crippen LogP) is 3.35. The van der Waals surface area contributed by atoms with Crippen LogP contribution in [-0.2, 0) is 6.54 Å². The highest BCUT2D eigenvalue weighted by atomic mass is 16.5. The molecular formula is C21H29NO4. The molecule has 142 valence electrons. The van der Waals surface area contributed by atoms with E-state index < -0.39 is 6.10 Å². The van der Waals surface area contributed by atoms with Gasteiger partial charge in [-0.05, 0) is 43.7 Å². The molecule has 2 aromatic rings. The third-order valence-electron chi connectivity index (χ3n) is 4.16. The first kappa shape index (κ1) is 20.1.